The van der Waals surface area contributed by atoms with Crippen molar-refractivity contribution in [3.05, 3.63) is 98.6 Å². The second-order valence-electron chi connectivity index (χ2n) is 12.5. The zero-order valence-corrected chi connectivity index (χ0v) is 27.1. The first kappa shape index (κ1) is 34.2. The van der Waals surface area contributed by atoms with Crippen LogP contribution in [-0.4, -0.2) is 49.9 Å². The van der Waals surface area contributed by atoms with Crippen molar-refractivity contribution in [1.82, 2.24) is 34.7 Å². The third kappa shape index (κ3) is 6.20. The lowest BCUT2D eigenvalue weighted by molar-refractivity contribution is -0.142. The number of hydrogen-bond donors (Lipinski definition) is 3. The van der Waals surface area contributed by atoms with Gasteiger partial charge in [0.2, 0.25) is 15.9 Å². The maximum atomic E-state index is 15.2. The fourth-order valence-electron chi connectivity index (χ4n) is 6.82. The van der Waals surface area contributed by atoms with Gasteiger partial charge in [0.25, 0.3) is 5.92 Å². The van der Waals surface area contributed by atoms with E-state index in [1.54, 1.807) is 0 Å². The van der Waals surface area contributed by atoms with Gasteiger partial charge in [-0.05, 0) is 61.6 Å². The number of alkyl halides is 5. The summed E-state index contributed by atoms with van der Waals surface area (Å²) in [6, 6.07) is 5.48. The summed E-state index contributed by atoms with van der Waals surface area (Å²) in [5.41, 5.74) is -2.98. The number of benzene rings is 1. The highest BCUT2D eigenvalue weighted by Gasteiger charge is 2.68. The molecule has 7 rings (SSSR count). The van der Waals surface area contributed by atoms with E-state index in [1.165, 1.54) is 29.5 Å². The fourth-order valence-corrected chi connectivity index (χ4v) is 7.36. The summed E-state index contributed by atoms with van der Waals surface area (Å²) in [5, 5.41) is 12.1. The molecule has 12 nitrogen and oxygen atoms in total. The van der Waals surface area contributed by atoms with Crippen molar-refractivity contribution < 1.29 is 43.9 Å². The summed E-state index contributed by atoms with van der Waals surface area (Å²) in [4.78, 5) is 30.6. The molecule has 4 aromatic heterocycles. The number of aromatic nitrogens is 6. The lowest BCUT2D eigenvalue weighted by Crippen LogP contribution is -2.35. The number of fused-ring (bicyclic) bond motifs is 4. The summed E-state index contributed by atoms with van der Waals surface area (Å²) in [7, 11) is -3.85. The average molecular weight is 739 g/mol. The quantitative estimate of drug-likeness (QED) is 0.187. The molecular weight excluding hydrogens is 713 g/mol. The zero-order chi connectivity index (χ0) is 36.8. The second kappa shape index (κ2) is 11.6. The molecule has 0 radical (unpaired) electrons. The zero-order valence-electron chi connectivity index (χ0n) is 26.3. The average Bonchev–Trinajstić information content (AvgIpc) is 3.49. The van der Waals surface area contributed by atoms with Gasteiger partial charge >= 0.3 is 11.9 Å². The van der Waals surface area contributed by atoms with E-state index in [2.05, 4.69) is 30.3 Å². The molecule has 5 aromatic rings. The van der Waals surface area contributed by atoms with Crippen LogP contribution in [0, 0.1) is 24.5 Å². The van der Waals surface area contributed by atoms with Crippen LogP contribution < -0.4 is 15.7 Å². The van der Waals surface area contributed by atoms with Gasteiger partial charge < -0.3 is 5.32 Å². The van der Waals surface area contributed by atoms with Gasteiger partial charge in [-0.2, -0.15) is 32.1 Å². The highest BCUT2D eigenvalue weighted by atomic mass is 32.2. The number of sulfonamides is 1. The van der Waals surface area contributed by atoms with Crippen LogP contribution in [0.1, 0.15) is 52.3 Å². The van der Waals surface area contributed by atoms with E-state index in [0.717, 1.165) is 24.6 Å². The number of nitrogens with one attached hydrogen (secondary N) is 3. The van der Waals surface area contributed by atoms with Crippen LogP contribution in [0.15, 0.2) is 47.4 Å². The van der Waals surface area contributed by atoms with Crippen molar-refractivity contribution in [3.8, 4) is 11.1 Å². The summed E-state index contributed by atoms with van der Waals surface area (Å²) in [5.74, 6) is -9.10. The fraction of sp³-hybridized carbons (Fsp3) is 0.323. The normalized spacial score (nSPS) is 18.4. The first-order chi connectivity index (χ1) is 23.8. The molecule has 0 saturated heterocycles. The number of amides is 1. The lowest BCUT2D eigenvalue weighted by Gasteiger charge is -2.23. The minimum Gasteiger partial charge on any atom is -0.346 e. The number of carbonyl (C=O) groups is 1. The van der Waals surface area contributed by atoms with E-state index in [1.807, 2.05) is 0 Å². The largest absolute Gasteiger partial charge is 0.435 e. The van der Waals surface area contributed by atoms with E-state index in [0.29, 0.717) is 10.7 Å². The topological polar surface area (TPSA) is 156 Å². The predicted octanol–water partition coefficient (Wildman–Crippen LogP) is 4.57. The Morgan fingerprint density at radius 2 is 1.82 bits per heavy atom. The number of anilines is 1. The molecule has 1 fully saturated rings. The number of halogens is 7. The molecule has 0 bridgehead atoms. The first-order valence-electron chi connectivity index (χ1n) is 15.2. The standard InChI is InChI=1S/C31H25F7N8O4S/c1-13-18(3-4-23-41-42-29(48)46(13)23)19-9-17(44-51(2,49)50)11-39-26(19)22(7-14-5-15(32)8-16(33)6-14)40-24(47)12-45-28-25(27(43-45)31(36,37)38)20-10-21(20)30(28,34)35/h3-6,8-9,11,20-22,44H,7,10,12H2,1-2H3,(H,40,47)(H,42,48)/t20-,21+,22-/m0/s1. The number of H-pyrrole nitrogens is 1. The summed E-state index contributed by atoms with van der Waals surface area (Å²) < 4.78 is 129. The second-order valence-corrected chi connectivity index (χ2v) is 14.3. The van der Waals surface area contributed by atoms with Crippen LogP contribution >= 0.6 is 0 Å². The van der Waals surface area contributed by atoms with Crippen molar-refractivity contribution in [1.29, 1.82) is 0 Å². The third-order valence-corrected chi connectivity index (χ3v) is 9.46. The molecular formula is C31H25F7N8O4S. The molecule has 1 aromatic carbocycles. The molecule has 0 spiro atoms. The van der Waals surface area contributed by atoms with Gasteiger partial charge in [0.15, 0.2) is 11.3 Å². The molecule has 4 heterocycles. The Labute approximate surface area is 282 Å². The van der Waals surface area contributed by atoms with Crippen LogP contribution in [0.25, 0.3) is 16.8 Å². The Morgan fingerprint density at radius 1 is 1.12 bits per heavy atom. The Bertz CT molecular complexity index is 2400. The predicted molar refractivity (Wildman–Crippen MR) is 165 cm³/mol. The summed E-state index contributed by atoms with van der Waals surface area (Å²) in [6.45, 7) is 0.455. The number of pyridine rings is 2. The van der Waals surface area contributed by atoms with Gasteiger partial charge in [-0.3, -0.25) is 19.2 Å². The Morgan fingerprint density at radius 3 is 2.49 bits per heavy atom. The molecule has 2 aliphatic rings. The Kier molecular flexibility index (Phi) is 7.80. The van der Waals surface area contributed by atoms with Gasteiger partial charge in [0, 0.05) is 34.4 Å². The van der Waals surface area contributed by atoms with E-state index in [9.17, 15) is 40.0 Å². The van der Waals surface area contributed by atoms with Crippen LogP contribution in [-0.2, 0) is 39.9 Å². The molecule has 1 saturated carbocycles. The Hall–Kier alpha value is -5.27. The van der Waals surface area contributed by atoms with Crippen molar-refractivity contribution in [2.45, 2.75) is 50.4 Å². The number of hydrogen-bond acceptors (Lipinski definition) is 7. The van der Waals surface area contributed by atoms with Gasteiger partial charge in [-0.15, -0.1) is 0 Å². The monoisotopic (exact) mass is 738 g/mol. The maximum absolute atomic E-state index is 15.2. The van der Waals surface area contributed by atoms with Gasteiger partial charge in [0.1, 0.15) is 23.9 Å². The number of aryl methyl sites for hydroxylation is 1. The van der Waals surface area contributed by atoms with Crippen molar-refractivity contribution in [2.75, 3.05) is 11.0 Å². The summed E-state index contributed by atoms with van der Waals surface area (Å²) in [6.07, 6.45) is -3.64. The molecule has 0 unspecified atom stereocenters. The molecule has 1 amide bonds. The lowest BCUT2D eigenvalue weighted by atomic mass is 9.94. The maximum Gasteiger partial charge on any atom is 0.435 e. The first-order valence-corrected chi connectivity index (χ1v) is 17.1. The summed E-state index contributed by atoms with van der Waals surface area (Å²) >= 11 is 0. The Balaban J connectivity index is 1.34. The van der Waals surface area contributed by atoms with Crippen molar-refractivity contribution in [3.63, 3.8) is 0 Å². The highest BCUT2D eigenvalue weighted by Crippen LogP contribution is 2.68. The van der Waals surface area contributed by atoms with E-state index < -0.39 is 93.1 Å². The van der Waals surface area contributed by atoms with Gasteiger partial charge in [0.05, 0.1) is 29.9 Å². The van der Waals surface area contributed by atoms with Crippen LogP contribution in [0.4, 0.5) is 36.4 Å². The van der Waals surface area contributed by atoms with Crippen LogP contribution in [0.5, 0.6) is 0 Å². The van der Waals surface area contributed by atoms with E-state index in [4.69, 9.17) is 0 Å². The number of nitrogens with zero attached hydrogens (tertiary/aromatic N) is 5. The van der Waals surface area contributed by atoms with Crippen molar-refractivity contribution in [2.24, 2.45) is 5.92 Å². The minimum absolute atomic E-state index is 0.00641. The van der Waals surface area contributed by atoms with Gasteiger partial charge in [-0.25, -0.2) is 31.5 Å². The highest BCUT2D eigenvalue weighted by molar-refractivity contribution is 7.92. The SMILES string of the molecule is Cc1c(-c2cc(NS(C)(=O)=O)cnc2[C@H](Cc2cc(F)cc(F)c2)NC(=O)Cn2nc(C(F)(F)F)c3c2C(F)(F)[C@@H]2C[C@H]32)ccc2n[nH]c(=O)n12. The molecule has 3 atom stereocenters. The van der Waals surface area contributed by atoms with Gasteiger partial charge in [-0.1, -0.05) is 0 Å². The molecule has 268 valence electrons. The number of aromatic amines is 1. The number of rotatable bonds is 9. The van der Waals surface area contributed by atoms with E-state index >= 15 is 8.78 Å². The van der Waals surface area contributed by atoms with Crippen molar-refractivity contribution >= 4 is 27.3 Å². The molecule has 0 aliphatic heterocycles. The molecule has 2 aliphatic carbocycles. The molecule has 3 N–H and O–H groups in total. The van der Waals surface area contributed by atoms with Crippen LogP contribution in [0.2, 0.25) is 0 Å². The smallest absolute Gasteiger partial charge is 0.346 e. The minimum atomic E-state index is -5.07. The van der Waals surface area contributed by atoms with Crippen LogP contribution in [0.3, 0.4) is 0 Å². The number of carbonyl (C=O) groups excluding carboxylic acids is 1. The third-order valence-electron chi connectivity index (χ3n) is 8.86. The van der Waals surface area contributed by atoms with E-state index in [-0.39, 0.29) is 45.8 Å². The molecule has 51 heavy (non-hydrogen) atoms. The molecule has 20 heteroatoms.